The molecule has 0 radical (unpaired) electrons. The van der Waals surface area contributed by atoms with Gasteiger partial charge in [0.2, 0.25) is 0 Å². The molecule has 0 aliphatic rings. The minimum Gasteiger partial charge on any atom is -0.298 e. The van der Waals surface area contributed by atoms with Gasteiger partial charge >= 0.3 is 5.51 Å². The smallest absolute Gasteiger partial charge is 0.298 e. The van der Waals surface area contributed by atoms with E-state index in [0.29, 0.717) is 6.42 Å². The standard InChI is InChI=1S/C12H12BrF3OS/c1-2-8-6-11(18-12(14,15)16)4-3-9(8)5-10(17)7-13/h3-4,6H,2,5,7H2,1H3. The molecule has 0 saturated heterocycles. The Morgan fingerprint density at radius 1 is 1.33 bits per heavy atom. The van der Waals surface area contributed by atoms with Crippen LogP contribution in [-0.4, -0.2) is 16.6 Å². The Kier molecular flexibility index (Phi) is 5.72. The molecular weight excluding hydrogens is 329 g/mol. The normalized spacial score (nSPS) is 11.6. The molecule has 100 valence electrons. The highest BCUT2D eigenvalue weighted by Crippen LogP contribution is 2.37. The number of aryl methyl sites for hydroxylation is 1. The predicted molar refractivity (Wildman–Crippen MR) is 70.2 cm³/mol. The molecule has 1 aromatic carbocycles. The van der Waals surface area contributed by atoms with Crippen LogP contribution in [0.25, 0.3) is 0 Å². The van der Waals surface area contributed by atoms with Gasteiger partial charge in [-0.3, -0.25) is 4.79 Å². The number of thioether (sulfide) groups is 1. The fraction of sp³-hybridized carbons (Fsp3) is 0.417. The number of halogens is 4. The van der Waals surface area contributed by atoms with E-state index in [0.717, 1.165) is 11.1 Å². The molecule has 1 rings (SSSR count). The lowest BCUT2D eigenvalue weighted by atomic mass is 10.0. The van der Waals surface area contributed by atoms with Gasteiger partial charge in [0.05, 0.1) is 5.33 Å². The van der Waals surface area contributed by atoms with Crippen LogP contribution in [0.3, 0.4) is 0 Å². The summed E-state index contributed by atoms with van der Waals surface area (Å²) in [6.45, 7) is 1.86. The Balaban J connectivity index is 2.93. The zero-order valence-corrected chi connectivity index (χ0v) is 12.1. The molecule has 0 aliphatic heterocycles. The molecule has 18 heavy (non-hydrogen) atoms. The van der Waals surface area contributed by atoms with Crippen LogP contribution in [0.1, 0.15) is 18.1 Å². The molecule has 0 heterocycles. The van der Waals surface area contributed by atoms with E-state index in [9.17, 15) is 18.0 Å². The van der Waals surface area contributed by atoms with Gasteiger partial charge in [0.1, 0.15) is 5.78 Å². The van der Waals surface area contributed by atoms with Crippen LogP contribution >= 0.6 is 27.7 Å². The Bertz CT molecular complexity index is 432. The van der Waals surface area contributed by atoms with Crippen molar-refractivity contribution in [1.29, 1.82) is 0 Å². The summed E-state index contributed by atoms with van der Waals surface area (Å²) in [5.41, 5.74) is -2.69. The minimum atomic E-state index is -4.28. The third-order valence-corrected chi connectivity index (χ3v) is 3.68. The van der Waals surface area contributed by atoms with Gasteiger partial charge in [0.15, 0.2) is 0 Å². The van der Waals surface area contributed by atoms with Crippen molar-refractivity contribution in [3.8, 4) is 0 Å². The third-order valence-electron chi connectivity index (χ3n) is 2.33. The maximum atomic E-state index is 12.2. The van der Waals surface area contributed by atoms with Crippen LogP contribution in [0, 0.1) is 0 Å². The van der Waals surface area contributed by atoms with Gasteiger partial charge in [-0.1, -0.05) is 28.9 Å². The van der Waals surface area contributed by atoms with E-state index in [1.54, 1.807) is 6.07 Å². The molecular formula is C12H12BrF3OS. The SMILES string of the molecule is CCc1cc(SC(F)(F)F)ccc1CC(=O)CBr. The molecule has 0 atom stereocenters. The number of hydrogen-bond donors (Lipinski definition) is 0. The molecule has 0 aliphatic carbocycles. The van der Waals surface area contributed by atoms with E-state index >= 15 is 0 Å². The van der Waals surface area contributed by atoms with Crippen molar-refractivity contribution in [1.82, 2.24) is 0 Å². The highest BCUT2D eigenvalue weighted by molar-refractivity contribution is 9.09. The second kappa shape index (κ2) is 6.61. The lowest BCUT2D eigenvalue weighted by Gasteiger charge is -2.10. The molecule has 1 aromatic rings. The summed E-state index contributed by atoms with van der Waals surface area (Å²) in [6, 6.07) is 4.52. The molecule has 0 fully saturated rings. The molecule has 0 unspecified atom stereocenters. The van der Waals surface area contributed by atoms with E-state index < -0.39 is 5.51 Å². The van der Waals surface area contributed by atoms with Crippen LogP contribution in [0.15, 0.2) is 23.1 Å². The van der Waals surface area contributed by atoms with Crippen molar-refractivity contribution in [2.45, 2.75) is 30.2 Å². The van der Waals surface area contributed by atoms with E-state index in [1.807, 2.05) is 6.92 Å². The topological polar surface area (TPSA) is 17.1 Å². The van der Waals surface area contributed by atoms with Crippen molar-refractivity contribution in [3.05, 3.63) is 29.3 Å². The van der Waals surface area contributed by atoms with Crippen molar-refractivity contribution in [2.75, 3.05) is 5.33 Å². The Hall–Kier alpha value is -0.490. The molecule has 0 spiro atoms. The third kappa shape index (κ3) is 5.02. The highest BCUT2D eigenvalue weighted by atomic mass is 79.9. The summed E-state index contributed by atoms with van der Waals surface area (Å²) in [4.78, 5) is 11.5. The first-order chi connectivity index (χ1) is 8.35. The molecule has 0 amide bonds. The van der Waals surface area contributed by atoms with E-state index in [1.165, 1.54) is 12.1 Å². The monoisotopic (exact) mass is 340 g/mol. The van der Waals surface area contributed by atoms with Crippen LogP contribution in [0.2, 0.25) is 0 Å². The number of hydrogen-bond acceptors (Lipinski definition) is 2. The van der Waals surface area contributed by atoms with Crippen molar-refractivity contribution in [2.24, 2.45) is 0 Å². The maximum absolute atomic E-state index is 12.2. The second-order valence-corrected chi connectivity index (χ2v) is 5.38. The van der Waals surface area contributed by atoms with E-state index in [-0.39, 0.29) is 34.2 Å². The second-order valence-electron chi connectivity index (χ2n) is 3.68. The number of carbonyl (C=O) groups is 1. The average molecular weight is 341 g/mol. The van der Waals surface area contributed by atoms with Crippen molar-refractivity contribution < 1.29 is 18.0 Å². The number of benzene rings is 1. The first kappa shape index (κ1) is 15.6. The van der Waals surface area contributed by atoms with Gasteiger partial charge in [-0.25, -0.2) is 0 Å². The summed E-state index contributed by atoms with van der Waals surface area (Å²) in [7, 11) is 0. The number of carbonyl (C=O) groups excluding carboxylic acids is 1. The zero-order chi connectivity index (χ0) is 13.8. The molecule has 1 nitrogen and oxygen atoms in total. The lowest BCUT2D eigenvalue weighted by Crippen LogP contribution is -2.06. The van der Waals surface area contributed by atoms with Crippen molar-refractivity contribution >= 4 is 33.5 Å². The van der Waals surface area contributed by atoms with Gasteiger partial charge in [-0.15, -0.1) is 0 Å². The number of rotatable bonds is 5. The summed E-state index contributed by atoms with van der Waals surface area (Å²) < 4.78 is 36.7. The quantitative estimate of drug-likeness (QED) is 0.584. The summed E-state index contributed by atoms with van der Waals surface area (Å²) in [6.07, 6.45) is 0.864. The van der Waals surface area contributed by atoms with Crippen LogP contribution < -0.4 is 0 Å². The van der Waals surface area contributed by atoms with Crippen LogP contribution in [-0.2, 0) is 17.6 Å². The van der Waals surface area contributed by atoms with Crippen LogP contribution in [0.4, 0.5) is 13.2 Å². The summed E-state index contributed by atoms with van der Waals surface area (Å²) >= 11 is 2.94. The van der Waals surface area contributed by atoms with Gasteiger partial charge in [0.25, 0.3) is 0 Å². The average Bonchev–Trinajstić information content (AvgIpc) is 2.28. The number of Topliss-reactive ketones (excluding diaryl/α,β-unsaturated/α-hetero) is 1. The highest BCUT2D eigenvalue weighted by Gasteiger charge is 2.29. The fourth-order valence-electron chi connectivity index (χ4n) is 1.56. The Morgan fingerprint density at radius 2 is 2.00 bits per heavy atom. The number of ketones is 1. The fourth-order valence-corrected chi connectivity index (χ4v) is 2.36. The van der Waals surface area contributed by atoms with Crippen LogP contribution in [0.5, 0.6) is 0 Å². The molecule has 0 bridgehead atoms. The lowest BCUT2D eigenvalue weighted by molar-refractivity contribution is -0.115. The van der Waals surface area contributed by atoms with Gasteiger partial charge in [-0.2, -0.15) is 13.2 Å². The summed E-state index contributed by atoms with van der Waals surface area (Å²) in [5, 5.41) is 0.259. The zero-order valence-electron chi connectivity index (χ0n) is 9.68. The Labute approximate surface area is 116 Å². The summed E-state index contributed by atoms with van der Waals surface area (Å²) in [5.74, 6) is 0.0147. The number of alkyl halides is 4. The van der Waals surface area contributed by atoms with E-state index in [4.69, 9.17) is 0 Å². The Morgan fingerprint density at radius 3 is 2.50 bits per heavy atom. The molecule has 0 N–H and O–H groups in total. The van der Waals surface area contributed by atoms with Gasteiger partial charge in [0, 0.05) is 11.3 Å². The van der Waals surface area contributed by atoms with Crippen molar-refractivity contribution in [3.63, 3.8) is 0 Å². The maximum Gasteiger partial charge on any atom is 0.446 e. The molecule has 0 aromatic heterocycles. The van der Waals surface area contributed by atoms with E-state index in [2.05, 4.69) is 15.9 Å². The predicted octanol–water partition coefficient (Wildman–Crippen LogP) is 4.37. The molecule has 0 saturated carbocycles. The largest absolute Gasteiger partial charge is 0.446 e. The first-order valence-electron chi connectivity index (χ1n) is 5.31. The first-order valence-corrected chi connectivity index (χ1v) is 7.24. The molecule has 6 heteroatoms. The van der Waals surface area contributed by atoms with Gasteiger partial charge in [-0.05, 0) is 41.4 Å². The van der Waals surface area contributed by atoms with Gasteiger partial charge < -0.3 is 0 Å². The minimum absolute atomic E-state index is 0.0147.